The largest absolute Gasteiger partial charge is 0.357 e. The van der Waals surface area contributed by atoms with Gasteiger partial charge in [0.2, 0.25) is 11.7 Å². The maximum atomic E-state index is 6.02. The van der Waals surface area contributed by atoms with Crippen LogP contribution in [-0.4, -0.2) is 46.2 Å². The molecule has 2 N–H and O–H groups in total. The third-order valence-electron chi connectivity index (χ3n) is 4.40. The van der Waals surface area contributed by atoms with E-state index < -0.39 is 0 Å². The monoisotopic (exact) mass is 535 g/mol. The van der Waals surface area contributed by atoms with Crippen LogP contribution in [0.1, 0.15) is 32.6 Å². The van der Waals surface area contributed by atoms with Gasteiger partial charge in [0.05, 0.1) is 6.54 Å². The third kappa shape index (κ3) is 6.81. The molecule has 154 valence electrons. The lowest BCUT2D eigenvalue weighted by atomic mass is 10.1. The fourth-order valence-electron chi connectivity index (χ4n) is 2.94. The van der Waals surface area contributed by atoms with Crippen molar-refractivity contribution in [1.82, 2.24) is 20.8 Å². The summed E-state index contributed by atoms with van der Waals surface area (Å²) in [6.07, 6.45) is 3.14. The van der Waals surface area contributed by atoms with E-state index in [1.807, 2.05) is 36.0 Å². The Kier molecular flexibility index (Phi) is 9.36. The van der Waals surface area contributed by atoms with Crippen LogP contribution >= 0.6 is 47.3 Å². The second-order valence-corrected chi connectivity index (χ2v) is 8.91. The summed E-state index contributed by atoms with van der Waals surface area (Å²) < 4.78 is 5.61. The van der Waals surface area contributed by atoms with Gasteiger partial charge < -0.3 is 15.2 Å². The molecule has 1 aromatic heterocycles. The molecule has 0 spiro atoms. The molecule has 6 nitrogen and oxygen atoms in total. The topological polar surface area (TPSA) is 75.3 Å². The van der Waals surface area contributed by atoms with Gasteiger partial charge in [0.25, 0.3) is 0 Å². The highest BCUT2D eigenvalue weighted by atomic mass is 127. The summed E-state index contributed by atoms with van der Waals surface area (Å²) >= 11 is 8.04. The summed E-state index contributed by atoms with van der Waals surface area (Å²) in [5.74, 6) is 3.22. The lowest BCUT2D eigenvalue weighted by Crippen LogP contribution is -2.39. The van der Waals surface area contributed by atoms with E-state index in [1.54, 1.807) is 0 Å². The van der Waals surface area contributed by atoms with Gasteiger partial charge in [-0.1, -0.05) is 28.9 Å². The number of rotatable bonds is 7. The molecule has 1 aliphatic rings. The Labute approximate surface area is 192 Å². The Morgan fingerprint density at radius 3 is 2.96 bits per heavy atom. The zero-order chi connectivity index (χ0) is 19.1. The van der Waals surface area contributed by atoms with Gasteiger partial charge in [-0.2, -0.15) is 16.7 Å². The van der Waals surface area contributed by atoms with Crippen LogP contribution in [0.25, 0.3) is 11.4 Å². The minimum absolute atomic E-state index is 0. The molecule has 9 heteroatoms. The molecule has 1 aliphatic heterocycles. The van der Waals surface area contributed by atoms with Crippen molar-refractivity contribution in [2.24, 2.45) is 4.99 Å². The van der Waals surface area contributed by atoms with Crippen LogP contribution in [0.4, 0.5) is 0 Å². The number of thioether (sulfide) groups is 1. The number of hydrogen-bond acceptors (Lipinski definition) is 5. The third-order valence-corrected chi connectivity index (χ3v) is 6.16. The number of nitrogens with zero attached hydrogens (tertiary/aromatic N) is 3. The molecule has 3 rings (SSSR count). The molecule has 1 atom stereocenters. The first kappa shape index (κ1) is 23.3. The molecule has 0 bridgehead atoms. The molecular formula is C19H27ClIN5OS. The Balaban J connectivity index is 0.00000280. The standard InChI is InChI=1S/C19H26ClN5OS.HI/c1-3-21-18(23-13-19(2)9-5-11-27-19)22-10-8-16-24-17(25-26-16)14-6-4-7-15(20)12-14;/h4,6-7,12H,3,5,8-11,13H2,1-2H3,(H2,21,22,23);1H. The van der Waals surface area contributed by atoms with Crippen molar-refractivity contribution in [3.63, 3.8) is 0 Å². The number of hydrogen-bond donors (Lipinski definition) is 2. The fourth-order valence-corrected chi connectivity index (χ4v) is 4.35. The Hall–Kier alpha value is -1.000. The lowest BCUT2D eigenvalue weighted by molar-refractivity contribution is 0.378. The Morgan fingerprint density at radius 2 is 2.25 bits per heavy atom. The smallest absolute Gasteiger partial charge is 0.228 e. The lowest BCUT2D eigenvalue weighted by Gasteiger charge is -2.20. The van der Waals surface area contributed by atoms with Gasteiger partial charge in [0.1, 0.15) is 0 Å². The summed E-state index contributed by atoms with van der Waals surface area (Å²) in [5, 5.41) is 11.3. The van der Waals surface area contributed by atoms with Crippen LogP contribution < -0.4 is 10.6 Å². The van der Waals surface area contributed by atoms with Gasteiger partial charge in [-0.3, -0.25) is 4.99 Å². The predicted molar refractivity (Wildman–Crippen MR) is 128 cm³/mol. The first-order valence-electron chi connectivity index (χ1n) is 9.33. The molecule has 1 aromatic carbocycles. The highest BCUT2D eigenvalue weighted by molar-refractivity contribution is 14.0. The number of nitrogens with one attached hydrogen (secondary N) is 2. The second kappa shape index (κ2) is 11.3. The molecule has 1 fully saturated rings. The average Bonchev–Trinajstić information content (AvgIpc) is 3.30. The molecule has 0 saturated carbocycles. The maximum absolute atomic E-state index is 6.02. The Morgan fingerprint density at radius 1 is 1.39 bits per heavy atom. The minimum atomic E-state index is 0. The van der Waals surface area contributed by atoms with E-state index in [9.17, 15) is 0 Å². The number of guanidine groups is 1. The molecular weight excluding hydrogens is 509 g/mol. The van der Waals surface area contributed by atoms with E-state index in [0.717, 1.165) is 24.6 Å². The van der Waals surface area contributed by atoms with Crippen LogP contribution in [0.5, 0.6) is 0 Å². The van der Waals surface area contributed by atoms with Gasteiger partial charge >= 0.3 is 0 Å². The van der Waals surface area contributed by atoms with Crippen LogP contribution in [0.3, 0.4) is 0 Å². The van der Waals surface area contributed by atoms with Crippen molar-refractivity contribution >= 4 is 53.3 Å². The van der Waals surface area contributed by atoms with Crippen molar-refractivity contribution < 1.29 is 4.52 Å². The van der Waals surface area contributed by atoms with Crippen molar-refractivity contribution in [3.05, 3.63) is 35.2 Å². The van der Waals surface area contributed by atoms with E-state index in [0.29, 0.717) is 29.7 Å². The summed E-state index contributed by atoms with van der Waals surface area (Å²) in [7, 11) is 0. The predicted octanol–water partition coefficient (Wildman–Crippen LogP) is 4.39. The summed E-state index contributed by atoms with van der Waals surface area (Å²) in [5.41, 5.74) is 0.850. The number of aliphatic imine (C=N–C) groups is 1. The van der Waals surface area contributed by atoms with Gasteiger partial charge in [-0.05, 0) is 44.6 Å². The van der Waals surface area contributed by atoms with Gasteiger partial charge in [-0.25, -0.2) is 0 Å². The molecule has 0 radical (unpaired) electrons. The van der Waals surface area contributed by atoms with E-state index in [-0.39, 0.29) is 28.7 Å². The van der Waals surface area contributed by atoms with Crippen molar-refractivity contribution in [1.29, 1.82) is 0 Å². The van der Waals surface area contributed by atoms with E-state index in [2.05, 4.69) is 34.6 Å². The van der Waals surface area contributed by atoms with Gasteiger partial charge in [-0.15, -0.1) is 24.0 Å². The van der Waals surface area contributed by atoms with E-state index >= 15 is 0 Å². The SMILES string of the molecule is CCNC(=NCC1(C)CCCS1)NCCc1nc(-c2cccc(Cl)c2)no1.I. The second-order valence-electron chi connectivity index (χ2n) is 6.80. The zero-order valence-corrected chi connectivity index (χ0v) is 20.1. The number of benzene rings is 1. The number of halogens is 2. The van der Waals surface area contributed by atoms with Crippen molar-refractivity contribution in [3.8, 4) is 11.4 Å². The molecule has 0 amide bonds. The van der Waals surface area contributed by atoms with Gasteiger partial charge in [0.15, 0.2) is 5.96 Å². The van der Waals surface area contributed by atoms with Crippen LogP contribution in [0.15, 0.2) is 33.8 Å². The van der Waals surface area contributed by atoms with Crippen LogP contribution in [0.2, 0.25) is 5.02 Å². The highest BCUT2D eigenvalue weighted by Crippen LogP contribution is 2.37. The molecule has 2 aromatic rings. The summed E-state index contributed by atoms with van der Waals surface area (Å²) in [6.45, 7) is 6.69. The number of aromatic nitrogens is 2. The highest BCUT2D eigenvalue weighted by Gasteiger charge is 2.29. The average molecular weight is 536 g/mol. The quantitative estimate of drug-likeness (QED) is 0.311. The van der Waals surface area contributed by atoms with E-state index in [1.165, 1.54) is 18.6 Å². The molecule has 1 unspecified atom stereocenters. The fraction of sp³-hybridized carbons (Fsp3) is 0.526. The van der Waals surface area contributed by atoms with Crippen molar-refractivity contribution in [2.75, 3.05) is 25.4 Å². The maximum Gasteiger partial charge on any atom is 0.228 e. The van der Waals surface area contributed by atoms with Crippen molar-refractivity contribution in [2.45, 2.75) is 37.9 Å². The summed E-state index contributed by atoms with van der Waals surface area (Å²) in [4.78, 5) is 9.20. The molecule has 2 heterocycles. The molecule has 0 aliphatic carbocycles. The first-order valence-corrected chi connectivity index (χ1v) is 10.7. The van der Waals surface area contributed by atoms with Gasteiger partial charge in [0, 0.05) is 34.8 Å². The molecule has 28 heavy (non-hydrogen) atoms. The minimum Gasteiger partial charge on any atom is -0.357 e. The molecule has 1 saturated heterocycles. The first-order chi connectivity index (χ1) is 13.1. The summed E-state index contributed by atoms with van der Waals surface area (Å²) in [6, 6.07) is 7.43. The Bertz CT molecular complexity index is 779. The zero-order valence-electron chi connectivity index (χ0n) is 16.2. The van der Waals surface area contributed by atoms with Crippen LogP contribution in [-0.2, 0) is 6.42 Å². The van der Waals surface area contributed by atoms with Crippen LogP contribution in [0, 0.1) is 0 Å². The van der Waals surface area contributed by atoms with E-state index in [4.69, 9.17) is 21.1 Å². The normalized spacial score (nSPS) is 19.3.